The van der Waals surface area contributed by atoms with Gasteiger partial charge in [0.15, 0.2) is 0 Å². The number of hydrogen-bond donors (Lipinski definition) is 2. The number of hydrogen-bond acceptors (Lipinski definition) is 2. The fraction of sp³-hybridized carbons (Fsp3) is 0.167. The predicted molar refractivity (Wildman–Crippen MR) is 60.3 cm³/mol. The summed E-state index contributed by atoms with van der Waals surface area (Å²) in [6, 6.07) is 7.44. The number of carbonyl (C=O) groups excluding carboxylic acids is 1. The fourth-order valence-corrected chi connectivity index (χ4v) is 1.65. The molecule has 0 fully saturated rings. The van der Waals surface area contributed by atoms with Crippen molar-refractivity contribution in [3.63, 3.8) is 0 Å². The number of aromatic nitrogens is 1. The van der Waals surface area contributed by atoms with Crippen LogP contribution in [0.15, 0.2) is 30.5 Å². The Bertz CT molecular complexity index is 487. The maximum absolute atomic E-state index is 11.0. The van der Waals surface area contributed by atoms with Crippen LogP contribution >= 0.6 is 0 Å². The van der Waals surface area contributed by atoms with E-state index in [9.17, 15) is 4.79 Å². The van der Waals surface area contributed by atoms with Gasteiger partial charge < -0.3 is 10.7 Å². The Morgan fingerprint density at radius 2 is 2.20 bits per heavy atom. The van der Waals surface area contributed by atoms with Gasteiger partial charge >= 0.3 is 0 Å². The third-order valence-electron chi connectivity index (χ3n) is 2.53. The molecule has 0 bridgehead atoms. The molecular formula is C12H13N2O. The van der Waals surface area contributed by atoms with Gasteiger partial charge in [0.2, 0.25) is 0 Å². The molecule has 2 aromatic rings. The highest BCUT2D eigenvalue weighted by atomic mass is 16.1. The summed E-state index contributed by atoms with van der Waals surface area (Å²) in [5, 5.41) is 1.12. The molecule has 1 aromatic carbocycles. The first-order valence-electron chi connectivity index (χ1n) is 4.85. The molecule has 1 radical (unpaired) electrons. The summed E-state index contributed by atoms with van der Waals surface area (Å²) < 4.78 is 0. The Balaban J connectivity index is 2.32. The van der Waals surface area contributed by atoms with Gasteiger partial charge in [0.05, 0.1) is 6.04 Å². The van der Waals surface area contributed by atoms with E-state index in [1.165, 1.54) is 0 Å². The number of Topliss-reactive ketones (excluding diaryl/α,β-unsaturated/α-hetero) is 1. The van der Waals surface area contributed by atoms with Gasteiger partial charge in [0.1, 0.15) is 5.78 Å². The third-order valence-corrected chi connectivity index (χ3v) is 2.53. The monoisotopic (exact) mass is 201 g/mol. The lowest BCUT2D eigenvalue weighted by Gasteiger charge is -2.05. The van der Waals surface area contributed by atoms with Crippen molar-refractivity contribution in [2.75, 3.05) is 0 Å². The van der Waals surface area contributed by atoms with Crippen LogP contribution in [0.1, 0.15) is 5.56 Å². The van der Waals surface area contributed by atoms with E-state index < -0.39 is 6.04 Å². The largest absolute Gasteiger partial charge is 0.361 e. The van der Waals surface area contributed by atoms with Crippen LogP contribution in [0.5, 0.6) is 0 Å². The molecule has 0 unspecified atom stereocenters. The van der Waals surface area contributed by atoms with Crippen molar-refractivity contribution in [1.29, 1.82) is 0 Å². The van der Waals surface area contributed by atoms with E-state index in [1.54, 1.807) is 0 Å². The average molecular weight is 201 g/mol. The zero-order valence-electron chi connectivity index (χ0n) is 8.36. The van der Waals surface area contributed by atoms with Crippen molar-refractivity contribution in [2.45, 2.75) is 12.5 Å². The maximum atomic E-state index is 11.0. The molecule has 0 saturated heterocycles. The molecule has 0 amide bonds. The molecule has 1 aromatic heterocycles. The van der Waals surface area contributed by atoms with Crippen LogP contribution in [-0.4, -0.2) is 16.8 Å². The minimum atomic E-state index is -0.510. The third kappa shape index (κ3) is 1.92. The zero-order chi connectivity index (χ0) is 10.8. The lowest BCUT2D eigenvalue weighted by molar-refractivity contribution is -0.116. The first kappa shape index (κ1) is 9.93. The number of carbonyl (C=O) groups is 1. The minimum Gasteiger partial charge on any atom is -0.361 e. The van der Waals surface area contributed by atoms with E-state index in [0.717, 1.165) is 16.5 Å². The van der Waals surface area contributed by atoms with Crippen LogP contribution in [0.3, 0.4) is 0 Å². The van der Waals surface area contributed by atoms with Crippen molar-refractivity contribution in [2.24, 2.45) is 5.73 Å². The fourth-order valence-electron chi connectivity index (χ4n) is 1.65. The lowest BCUT2D eigenvalue weighted by Crippen LogP contribution is -2.30. The van der Waals surface area contributed by atoms with Crippen molar-refractivity contribution >= 4 is 16.7 Å². The molecule has 0 aliphatic carbocycles. The number of H-pyrrole nitrogens is 1. The molecule has 2 rings (SSSR count). The Morgan fingerprint density at radius 1 is 1.47 bits per heavy atom. The van der Waals surface area contributed by atoms with Crippen LogP contribution in [0, 0.1) is 6.92 Å². The van der Waals surface area contributed by atoms with Crippen molar-refractivity contribution in [3.05, 3.63) is 42.9 Å². The van der Waals surface area contributed by atoms with Gasteiger partial charge in [-0.25, -0.2) is 0 Å². The van der Waals surface area contributed by atoms with Gasteiger partial charge in [-0.3, -0.25) is 4.79 Å². The second kappa shape index (κ2) is 3.87. The van der Waals surface area contributed by atoms with Crippen molar-refractivity contribution in [1.82, 2.24) is 4.98 Å². The minimum absolute atomic E-state index is 0.222. The number of para-hydroxylation sites is 1. The van der Waals surface area contributed by atoms with E-state index >= 15 is 0 Å². The summed E-state index contributed by atoms with van der Waals surface area (Å²) in [4.78, 5) is 14.1. The van der Waals surface area contributed by atoms with Crippen LogP contribution < -0.4 is 5.73 Å². The van der Waals surface area contributed by atoms with Gasteiger partial charge in [-0.2, -0.15) is 0 Å². The van der Waals surface area contributed by atoms with Gasteiger partial charge in [-0.05, 0) is 18.1 Å². The van der Waals surface area contributed by atoms with E-state index in [2.05, 4.69) is 11.9 Å². The van der Waals surface area contributed by atoms with E-state index in [1.807, 2.05) is 30.5 Å². The van der Waals surface area contributed by atoms with Crippen LogP contribution in [0.25, 0.3) is 10.9 Å². The molecule has 0 aliphatic rings. The zero-order valence-corrected chi connectivity index (χ0v) is 8.36. The van der Waals surface area contributed by atoms with Crippen molar-refractivity contribution in [3.8, 4) is 0 Å². The highest BCUT2D eigenvalue weighted by molar-refractivity contribution is 5.89. The van der Waals surface area contributed by atoms with Gasteiger partial charge in [-0.1, -0.05) is 18.2 Å². The van der Waals surface area contributed by atoms with E-state index in [0.29, 0.717) is 6.42 Å². The van der Waals surface area contributed by atoms with Crippen LogP contribution in [0.4, 0.5) is 0 Å². The summed E-state index contributed by atoms with van der Waals surface area (Å²) in [6.45, 7) is 3.32. The highest BCUT2D eigenvalue weighted by Crippen LogP contribution is 2.18. The number of nitrogens with one attached hydrogen (secondary N) is 1. The quantitative estimate of drug-likeness (QED) is 0.789. The highest BCUT2D eigenvalue weighted by Gasteiger charge is 2.11. The number of benzene rings is 1. The Labute approximate surface area is 88.3 Å². The Kier molecular flexibility index (Phi) is 2.56. The summed E-state index contributed by atoms with van der Waals surface area (Å²) in [5.41, 5.74) is 7.80. The average Bonchev–Trinajstić information content (AvgIpc) is 2.62. The molecule has 15 heavy (non-hydrogen) atoms. The lowest BCUT2D eigenvalue weighted by atomic mass is 10.0. The number of rotatable bonds is 3. The number of nitrogens with two attached hydrogens (primary N) is 1. The SMILES string of the molecule is [CH2]C(=O)[C@H](N)Cc1c[nH]c2ccccc12. The Hall–Kier alpha value is -1.61. The smallest absolute Gasteiger partial charge is 0.150 e. The summed E-state index contributed by atoms with van der Waals surface area (Å²) in [7, 11) is 0. The maximum Gasteiger partial charge on any atom is 0.150 e. The molecule has 0 aliphatic heterocycles. The van der Waals surface area contributed by atoms with Crippen LogP contribution in [0.2, 0.25) is 0 Å². The first-order chi connectivity index (χ1) is 7.18. The second-order valence-corrected chi connectivity index (χ2v) is 3.64. The molecule has 0 saturated carbocycles. The van der Waals surface area contributed by atoms with Gasteiger partial charge in [0, 0.05) is 24.0 Å². The molecule has 1 heterocycles. The second-order valence-electron chi connectivity index (χ2n) is 3.64. The molecule has 0 spiro atoms. The first-order valence-corrected chi connectivity index (χ1v) is 4.85. The summed E-state index contributed by atoms with van der Waals surface area (Å²) in [6.07, 6.45) is 2.43. The normalized spacial score (nSPS) is 12.9. The number of aromatic amines is 1. The molecule has 1 atom stereocenters. The predicted octanol–water partition coefficient (Wildman–Crippen LogP) is 1.44. The summed E-state index contributed by atoms with van der Waals surface area (Å²) >= 11 is 0. The van der Waals surface area contributed by atoms with E-state index in [-0.39, 0.29) is 5.78 Å². The molecule has 3 N–H and O–H groups in total. The van der Waals surface area contributed by atoms with Crippen LogP contribution in [-0.2, 0) is 11.2 Å². The molecular weight excluding hydrogens is 188 g/mol. The number of fused-ring (bicyclic) bond motifs is 1. The van der Waals surface area contributed by atoms with Crippen molar-refractivity contribution < 1.29 is 4.79 Å². The van der Waals surface area contributed by atoms with Gasteiger partial charge in [0.25, 0.3) is 0 Å². The Morgan fingerprint density at radius 3 is 2.93 bits per heavy atom. The number of ketones is 1. The standard InChI is InChI=1S/C12H13N2O/c1-8(15)11(13)6-9-7-14-12-5-3-2-4-10(9)12/h2-5,7,11,14H,1,6,13H2/t11-/m1/s1. The molecule has 77 valence electrons. The summed E-state index contributed by atoms with van der Waals surface area (Å²) in [5.74, 6) is -0.222. The molecule has 3 nitrogen and oxygen atoms in total. The topological polar surface area (TPSA) is 58.9 Å². The van der Waals surface area contributed by atoms with Gasteiger partial charge in [-0.15, -0.1) is 0 Å². The van der Waals surface area contributed by atoms with E-state index in [4.69, 9.17) is 5.73 Å². The molecule has 3 heteroatoms.